The van der Waals surface area contributed by atoms with Crippen molar-refractivity contribution in [2.24, 2.45) is 22.9 Å². The third-order valence-electron chi connectivity index (χ3n) is 12.6. The normalized spacial score (nSPS) is 22.8. The fourth-order valence-electron chi connectivity index (χ4n) is 9.40. The summed E-state index contributed by atoms with van der Waals surface area (Å²) in [6.07, 6.45) is 7.80. The molecule has 1 heterocycles. The maximum absolute atomic E-state index is 14.3. The average molecular weight is 860 g/mol. The Morgan fingerprint density at radius 1 is 0.937 bits per heavy atom. The molecule has 0 bridgehead atoms. The lowest BCUT2D eigenvalue weighted by Crippen LogP contribution is -2.69. The van der Waals surface area contributed by atoms with E-state index in [1.165, 1.54) is 29.2 Å². The Labute approximate surface area is 368 Å². The molecule has 332 valence electrons. The lowest BCUT2D eigenvalue weighted by Gasteiger charge is -2.59. The number of rotatable bonds is 19. The Kier molecular flexibility index (Phi) is 14.6. The summed E-state index contributed by atoms with van der Waals surface area (Å²) in [5.41, 5.74) is 5.53. The van der Waals surface area contributed by atoms with Crippen molar-refractivity contribution in [3.63, 3.8) is 0 Å². The summed E-state index contributed by atoms with van der Waals surface area (Å²) in [4.78, 5) is 32.8. The summed E-state index contributed by atoms with van der Waals surface area (Å²) >= 11 is 0. The number of aliphatic hydroxyl groups is 2. The number of benzene rings is 4. The Balaban J connectivity index is 1.39. The van der Waals surface area contributed by atoms with Gasteiger partial charge in [-0.05, 0) is 116 Å². The number of aryl methyl sites for hydroxylation is 2. The van der Waals surface area contributed by atoms with Gasteiger partial charge in [0.1, 0.15) is 35.6 Å². The smallest absolute Gasteiger partial charge is 0.415 e. The van der Waals surface area contributed by atoms with Gasteiger partial charge in [-0.2, -0.15) is 0 Å². The first-order valence-electron chi connectivity index (χ1n) is 21.7. The maximum Gasteiger partial charge on any atom is 0.415 e. The highest BCUT2D eigenvalue weighted by Crippen LogP contribution is 2.62. The van der Waals surface area contributed by atoms with Crippen molar-refractivity contribution >= 4 is 17.5 Å². The van der Waals surface area contributed by atoms with Crippen LogP contribution in [0.3, 0.4) is 0 Å². The van der Waals surface area contributed by atoms with E-state index in [2.05, 4.69) is 32.6 Å². The number of nitro benzene ring substituents is 1. The molecule has 4 aromatic carbocycles. The van der Waals surface area contributed by atoms with Crippen molar-refractivity contribution < 1.29 is 43.7 Å². The molecule has 1 fully saturated rings. The summed E-state index contributed by atoms with van der Waals surface area (Å²) in [6.45, 7) is 8.56. The summed E-state index contributed by atoms with van der Waals surface area (Å²) in [6, 6.07) is 26.1. The van der Waals surface area contributed by atoms with Crippen LogP contribution in [0, 0.1) is 41.7 Å². The van der Waals surface area contributed by atoms with Gasteiger partial charge in [0, 0.05) is 50.3 Å². The van der Waals surface area contributed by atoms with Gasteiger partial charge in [-0.15, -0.1) is 6.58 Å². The van der Waals surface area contributed by atoms with E-state index in [9.17, 15) is 25.1 Å². The standard InChI is InChI=1S/C50H57N3O10/c1-5-27-59-50-46(52(4)49(56)62-38-21-18-37(19-22-38)53(57)58)31-44(51-60-32-35-13-7-6-8-14-35)42-29-36(15-9-11-25-54)41(16-10-12-26-55)47(48(42)50)43-30-40(23-24-45(43)63-50)61-39-20-17-33(2)34(3)28-39/h5-8,13-14,17-24,28-30,36,41,46-48,54-55H,1,9-12,15-16,25-27,31-32H2,2-4H3. The molecule has 6 unspecified atom stereocenters. The predicted molar refractivity (Wildman–Crippen MR) is 239 cm³/mol. The number of unbranched alkanes of at least 4 members (excludes halogenated alkanes) is 2. The Morgan fingerprint density at radius 2 is 1.63 bits per heavy atom. The lowest BCUT2D eigenvalue weighted by atomic mass is 9.55. The highest BCUT2D eigenvalue weighted by Gasteiger charge is 2.65. The van der Waals surface area contributed by atoms with E-state index in [0.717, 1.165) is 53.5 Å². The fraction of sp³-hybridized carbons (Fsp3) is 0.400. The van der Waals surface area contributed by atoms with Crippen molar-refractivity contribution in [2.45, 2.75) is 83.1 Å². The monoisotopic (exact) mass is 859 g/mol. The molecule has 63 heavy (non-hydrogen) atoms. The van der Waals surface area contributed by atoms with Gasteiger partial charge in [0.2, 0.25) is 5.79 Å². The number of aliphatic hydroxyl groups excluding tert-OH is 2. The Hall–Kier alpha value is -6.02. The minimum Gasteiger partial charge on any atom is -0.459 e. The molecule has 3 aliphatic rings. The van der Waals surface area contributed by atoms with Crippen LogP contribution in [0.5, 0.6) is 23.0 Å². The van der Waals surface area contributed by atoms with Gasteiger partial charge in [-0.25, -0.2) is 4.79 Å². The molecule has 2 N–H and O–H groups in total. The molecule has 0 saturated heterocycles. The first-order chi connectivity index (χ1) is 30.6. The molecule has 1 amide bonds. The van der Waals surface area contributed by atoms with E-state index >= 15 is 0 Å². The molecule has 1 saturated carbocycles. The van der Waals surface area contributed by atoms with Crippen LogP contribution in [0.15, 0.2) is 120 Å². The summed E-state index contributed by atoms with van der Waals surface area (Å²) in [5, 5.41) is 36.1. The van der Waals surface area contributed by atoms with Crippen LogP contribution in [0.4, 0.5) is 10.5 Å². The SMILES string of the molecule is C=CCOC12Oc3ccc(Oc4ccc(C)c(C)c4)cc3C3C(CCCCO)C(CCCCO)C=C(C(=NOCc4ccccc4)CC1N(C)C(=O)Oc1ccc([N+](=O)[O-])cc1)C32. The second kappa shape index (κ2) is 20.4. The molecule has 13 heteroatoms. The van der Waals surface area contributed by atoms with Crippen molar-refractivity contribution in [1.82, 2.24) is 4.90 Å². The third kappa shape index (κ3) is 9.96. The number of fused-ring (bicyclic) bond motifs is 2. The van der Waals surface area contributed by atoms with E-state index in [0.29, 0.717) is 35.8 Å². The minimum absolute atomic E-state index is 0.0119. The zero-order chi connectivity index (χ0) is 44.5. The Morgan fingerprint density at radius 3 is 2.33 bits per heavy atom. The topological polar surface area (TPSA) is 162 Å². The number of nitrogens with zero attached hydrogens (tertiary/aromatic N) is 3. The second-order valence-corrected chi connectivity index (χ2v) is 16.6. The van der Waals surface area contributed by atoms with Gasteiger partial charge in [0.05, 0.1) is 23.2 Å². The molecule has 7 rings (SSSR count). The zero-order valence-corrected chi connectivity index (χ0v) is 36.2. The van der Waals surface area contributed by atoms with Gasteiger partial charge >= 0.3 is 6.09 Å². The first-order valence-corrected chi connectivity index (χ1v) is 21.7. The minimum atomic E-state index is -1.50. The molecule has 4 aromatic rings. The predicted octanol–water partition coefficient (Wildman–Crippen LogP) is 9.97. The van der Waals surface area contributed by atoms with Gasteiger partial charge in [-0.1, -0.05) is 66.5 Å². The van der Waals surface area contributed by atoms with Crippen LogP contribution >= 0.6 is 0 Å². The van der Waals surface area contributed by atoms with E-state index < -0.39 is 28.8 Å². The highest BCUT2D eigenvalue weighted by atomic mass is 16.7. The molecular formula is C50H57N3O10. The van der Waals surface area contributed by atoms with E-state index in [-0.39, 0.29) is 62.0 Å². The number of hydrogen-bond acceptors (Lipinski definition) is 11. The molecule has 0 aromatic heterocycles. The van der Waals surface area contributed by atoms with Crippen molar-refractivity contribution in [3.05, 3.63) is 148 Å². The Bertz CT molecular complexity index is 2300. The number of non-ortho nitro benzene ring substituents is 1. The molecular weight excluding hydrogens is 803 g/mol. The molecule has 2 aliphatic carbocycles. The van der Waals surface area contributed by atoms with Gasteiger partial charge in [-0.3, -0.25) is 10.1 Å². The number of amides is 1. The van der Waals surface area contributed by atoms with Gasteiger partial charge in [0.25, 0.3) is 5.69 Å². The van der Waals surface area contributed by atoms with Crippen molar-refractivity contribution in [2.75, 3.05) is 26.9 Å². The molecule has 6 atom stereocenters. The van der Waals surface area contributed by atoms with Crippen LogP contribution < -0.4 is 14.2 Å². The molecule has 0 radical (unpaired) electrons. The number of carbonyl (C=O) groups is 1. The van der Waals surface area contributed by atoms with E-state index in [1.807, 2.05) is 60.7 Å². The molecule has 1 aliphatic heterocycles. The van der Waals surface area contributed by atoms with Crippen LogP contribution in [0.1, 0.15) is 73.1 Å². The average Bonchev–Trinajstić information content (AvgIpc) is 3.28. The number of likely N-dealkylation sites (N-methyl/N-ethyl adjacent to an activating group) is 1. The lowest BCUT2D eigenvalue weighted by molar-refractivity contribution is -0.384. The molecule has 0 spiro atoms. The van der Waals surface area contributed by atoms with Crippen LogP contribution in [0.2, 0.25) is 0 Å². The second-order valence-electron chi connectivity index (χ2n) is 16.6. The van der Waals surface area contributed by atoms with Crippen molar-refractivity contribution in [1.29, 1.82) is 0 Å². The quantitative estimate of drug-likeness (QED) is 0.0402. The largest absolute Gasteiger partial charge is 0.459 e. The van der Waals surface area contributed by atoms with E-state index in [4.69, 9.17) is 28.9 Å². The fourth-order valence-corrected chi connectivity index (χ4v) is 9.40. The highest BCUT2D eigenvalue weighted by molar-refractivity contribution is 6.03. The summed E-state index contributed by atoms with van der Waals surface area (Å²) in [5.74, 6) is -0.190. The van der Waals surface area contributed by atoms with Crippen LogP contribution in [0.25, 0.3) is 0 Å². The number of hydrogen-bond donors (Lipinski definition) is 2. The zero-order valence-electron chi connectivity index (χ0n) is 36.2. The third-order valence-corrected chi connectivity index (χ3v) is 12.6. The van der Waals surface area contributed by atoms with Gasteiger partial charge < -0.3 is 38.9 Å². The summed E-state index contributed by atoms with van der Waals surface area (Å²) < 4.78 is 26.6. The number of carbonyl (C=O) groups excluding carboxylic acids is 1. The van der Waals surface area contributed by atoms with E-state index in [1.54, 1.807) is 13.1 Å². The number of allylic oxidation sites excluding steroid dienone is 1. The van der Waals surface area contributed by atoms with Crippen LogP contribution in [-0.4, -0.2) is 70.5 Å². The molecule has 13 nitrogen and oxygen atoms in total. The maximum atomic E-state index is 14.3. The summed E-state index contributed by atoms with van der Waals surface area (Å²) in [7, 11) is 1.63. The first kappa shape index (κ1) is 45.0. The van der Waals surface area contributed by atoms with Gasteiger partial charge in [0.15, 0.2) is 0 Å². The van der Waals surface area contributed by atoms with Crippen molar-refractivity contribution in [3.8, 4) is 23.0 Å². The van der Waals surface area contributed by atoms with Crippen LogP contribution in [-0.2, 0) is 16.2 Å². The number of oxime groups is 1. The number of nitro groups is 1. The number of ether oxygens (including phenoxy) is 4.